The number of thiocarbonyl (C=S) groups is 1. The lowest BCUT2D eigenvalue weighted by molar-refractivity contribution is -0.121. The Labute approximate surface area is 183 Å². The van der Waals surface area contributed by atoms with Gasteiger partial charge in [0, 0.05) is 13.2 Å². The van der Waals surface area contributed by atoms with Gasteiger partial charge in [0.05, 0.1) is 4.91 Å². The molecule has 0 radical (unpaired) electrons. The van der Waals surface area contributed by atoms with E-state index in [0.717, 1.165) is 28.5 Å². The van der Waals surface area contributed by atoms with Crippen LogP contribution in [0.2, 0.25) is 0 Å². The first-order chi connectivity index (χ1) is 14.3. The van der Waals surface area contributed by atoms with Gasteiger partial charge in [-0.1, -0.05) is 47.7 Å². The number of aromatic nitrogens is 2. The van der Waals surface area contributed by atoms with E-state index in [9.17, 15) is 9.59 Å². The molecule has 0 atom stereocenters. The smallest absolute Gasteiger partial charge is 0.269 e. The van der Waals surface area contributed by atoms with Crippen LogP contribution in [0.3, 0.4) is 0 Å². The third kappa shape index (κ3) is 3.53. The molecule has 8 heteroatoms. The third-order valence-electron chi connectivity index (χ3n) is 4.85. The summed E-state index contributed by atoms with van der Waals surface area (Å²) in [6.07, 6.45) is 3.17. The number of ether oxygens (including phenoxy) is 1. The molecule has 3 heterocycles. The molecule has 3 aromatic rings. The fourth-order valence-corrected chi connectivity index (χ4v) is 4.35. The average Bonchev–Trinajstić information content (AvgIpc) is 2.94. The van der Waals surface area contributed by atoms with Gasteiger partial charge in [-0.15, -0.1) is 0 Å². The van der Waals surface area contributed by atoms with E-state index in [2.05, 4.69) is 4.98 Å². The van der Waals surface area contributed by atoms with Crippen LogP contribution in [-0.2, 0) is 4.79 Å². The summed E-state index contributed by atoms with van der Waals surface area (Å²) in [6.45, 7) is 5.81. The largest absolute Gasteiger partial charge is 0.438 e. The molecule has 1 aliphatic heterocycles. The Morgan fingerprint density at radius 1 is 1.13 bits per heavy atom. The van der Waals surface area contributed by atoms with E-state index in [-0.39, 0.29) is 22.9 Å². The van der Waals surface area contributed by atoms with Gasteiger partial charge in [0.1, 0.15) is 21.3 Å². The number of hydrogen-bond acceptors (Lipinski definition) is 6. The molecule has 0 aliphatic carbocycles. The van der Waals surface area contributed by atoms with Gasteiger partial charge in [0.2, 0.25) is 5.88 Å². The molecule has 152 valence electrons. The van der Waals surface area contributed by atoms with Crippen LogP contribution < -0.4 is 10.3 Å². The lowest BCUT2D eigenvalue weighted by Crippen LogP contribution is -2.23. The predicted molar refractivity (Wildman–Crippen MR) is 123 cm³/mol. The number of pyridine rings is 1. The number of benzene rings is 1. The van der Waals surface area contributed by atoms with Crippen molar-refractivity contribution in [2.45, 2.75) is 20.8 Å². The average molecular weight is 438 g/mol. The van der Waals surface area contributed by atoms with Crippen molar-refractivity contribution < 1.29 is 9.53 Å². The first-order valence-electron chi connectivity index (χ1n) is 9.25. The molecule has 0 N–H and O–H groups in total. The van der Waals surface area contributed by atoms with Gasteiger partial charge in [-0.2, -0.15) is 4.98 Å². The van der Waals surface area contributed by atoms with Crippen molar-refractivity contribution in [2.24, 2.45) is 0 Å². The lowest BCUT2D eigenvalue weighted by atomic mass is 10.1. The number of amides is 1. The second-order valence-electron chi connectivity index (χ2n) is 7.13. The van der Waals surface area contributed by atoms with Crippen LogP contribution in [0, 0.1) is 20.8 Å². The summed E-state index contributed by atoms with van der Waals surface area (Å²) in [5, 5.41) is 0. The number of likely N-dealkylation sites (N-methyl/N-ethyl adjacent to an activating group) is 1. The first kappa shape index (κ1) is 20.3. The minimum absolute atomic E-state index is 0.155. The van der Waals surface area contributed by atoms with E-state index in [1.165, 1.54) is 15.4 Å². The molecule has 2 aromatic heterocycles. The van der Waals surface area contributed by atoms with E-state index in [1.807, 2.05) is 45.0 Å². The zero-order chi connectivity index (χ0) is 21.6. The van der Waals surface area contributed by atoms with Gasteiger partial charge in [0.25, 0.3) is 11.5 Å². The number of nitrogens with zero attached hydrogens (tertiary/aromatic N) is 3. The third-order valence-corrected chi connectivity index (χ3v) is 6.33. The summed E-state index contributed by atoms with van der Waals surface area (Å²) >= 11 is 6.35. The highest BCUT2D eigenvalue weighted by atomic mass is 32.2. The van der Waals surface area contributed by atoms with Gasteiger partial charge < -0.3 is 4.74 Å². The van der Waals surface area contributed by atoms with Crippen molar-refractivity contribution in [1.82, 2.24) is 14.3 Å². The number of aryl methyl sites for hydroxylation is 3. The molecule has 0 unspecified atom stereocenters. The fraction of sp³-hybridized carbons (Fsp3) is 0.182. The summed E-state index contributed by atoms with van der Waals surface area (Å²) in [5.41, 5.74) is 3.26. The van der Waals surface area contributed by atoms with Gasteiger partial charge in [-0.05, 0) is 50.1 Å². The maximum absolute atomic E-state index is 13.3. The number of fused-ring (bicyclic) bond motifs is 1. The topological polar surface area (TPSA) is 63.9 Å². The molecule has 0 bridgehead atoms. The molecule has 1 aliphatic rings. The highest BCUT2D eigenvalue weighted by Crippen LogP contribution is 2.33. The summed E-state index contributed by atoms with van der Waals surface area (Å²) in [5.74, 6) is 0.502. The van der Waals surface area contributed by atoms with Crippen molar-refractivity contribution >= 4 is 45.9 Å². The predicted octanol–water partition coefficient (Wildman–Crippen LogP) is 4.24. The van der Waals surface area contributed by atoms with Crippen molar-refractivity contribution in [2.75, 3.05) is 7.05 Å². The molecule has 1 fully saturated rings. The summed E-state index contributed by atoms with van der Waals surface area (Å²) < 4.78 is 8.00. The van der Waals surface area contributed by atoms with Gasteiger partial charge in [0.15, 0.2) is 0 Å². The molecular weight excluding hydrogens is 418 g/mol. The SMILES string of the molecule is Cc1ccc(Oc2nc3c(C)cccn3c(=O)c2/C=C2/SC(=S)N(C)C2=O)c(C)c1. The van der Waals surface area contributed by atoms with Crippen molar-refractivity contribution in [3.63, 3.8) is 0 Å². The second-order valence-corrected chi connectivity index (χ2v) is 8.81. The van der Waals surface area contributed by atoms with Crippen LogP contribution in [0.15, 0.2) is 46.2 Å². The molecule has 30 heavy (non-hydrogen) atoms. The monoisotopic (exact) mass is 437 g/mol. The first-order valence-corrected chi connectivity index (χ1v) is 10.5. The quantitative estimate of drug-likeness (QED) is 0.451. The van der Waals surface area contributed by atoms with Crippen LogP contribution in [0.4, 0.5) is 0 Å². The Hall–Kier alpha value is -2.97. The van der Waals surface area contributed by atoms with Crippen molar-refractivity contribution in [1.29, 1.82) is 0 Å². The summed E-state index contributed by atoms with van der Waals surface area (Å²) in [4.78, 5) is 32.2. The molecule has 4 rings (SSSR count). The Balaban J connectivity index is 1.94. The standard InChI is InChI=1S/C22H19N3O3S2/c1-12-7-8-16(14(3)10-12)28-19-15(11-17-21(27)24(4)22(29)30-17)20(26)25-9-5-6-13(2)18(25)23-19/h5-11H,1-4H3/b17-11+. The van der Waals surface area contributed by atoms with Crippen molar-refractivity contribution in [3.8, 4) is 11.6 Å². The lowest BCUT2D eigenvalue weighted by Gasteiger charge is -2.13. The molecule has 1 amide bonds. The van der Waals surface area contributed by atoms with E-state index < -0.39 is 0 Å². The van der Waals surface area contributed by atoms with Crippen LogP contribution in [0.1, 0.15) is 22.3 Å². The molecule has 1 aromatic carbocycles. The molecular formula is C22H19N3O3S2. The molecule has 1 saturated heterocycles. The zero-order valence-corrected chi connectivity index (χ0v) is 18.6. The van der Waals surface area contributed by atoms with Crippen LogP contribution in [0.5, 0.6) is 11.6 Å². The zero-order valence-electron chi connectivity index (χ0n) is 16.9. The van der Waals surface area contributed by atoms with E-state index in [1.54, 1.807) is 19.3 Å². The number of carbonyl (C=O) groups excluding carboxylic acids is 1. The van der Waals surface area contributed by atoms with E-state index in [0.29, 0.717) is 20.6 Å². The van der Waals surface area contributed by atoms with Crippen LogP contribution >= 0.6 is 24.0 Å². The maximum Gasteiger partial charge on any atom is 0.269 e. The molecule has 0 spiro atoms. The highest BCUT2D eigenvalue weighted by molar-refractivity contribution is 8.26. The number of rotatable bonds is 3. The Bertz CT molecular complexity index is 1310. The fourth-order valence-electron chi connectivity index (χ4n) is 3.19. The van der Waals surface area contributed by atoms with Gasteiger partial charge in [-0.25, -0.2) is 0 Å². The Morgan fingerprint density at radius 2 is 1.90 bits per heavy atom. The maximum atomic E-state index is 13.3. The van der Waals surface area contributed by atoms with Crippen molar-refractivity contribution in [3.05, 3.63) is 74.0 Å². The van der Waals surface area contributed by atoms with Gasteiger partial charge in [-0.3, -0.25) is 18.9 Å². The van der Waals surface area contributed by atoms with E-state index >= 15 is 0 Å². The van der Waals surface area contributed by atoms with E-state index in [4.69, 9.17) is 17.0 Å². The number of hydrogen-bond donors (Lipinski definition) is 0. The minimum atomic E-state index is -0.315. The molecule has 0 saturated carbocycles. The Morgan fingerprint density at radius 3 is 2.57 bits per heavy atom. The Kier molecular flexibility index (Phi) is 5.21. The molecule has 6 nitrogen and oxygen atoms in total. The van der Waals surface area contributed by atoms with Gasteiger partial charge >= 0.3 is 0 Å². The second kappa shape index (κ2) is 7.70. The summed E-state index contributed by atoms with van der Waals surface area (Å²) in [6, 6.07) is 9.44. The van der Waals surface area contributed by atoms with Crippen LogP contribution in [-0.4, -0.2) is 31.6 Å². The van der Waals surface area contributed by atoms with Crippen LogP contribution in [0.25, 0.3) is 11.7 Å². The normalized spacial score (nSPS) is 15.5. The number of thioether (sulfide) groups is 1. The summed E-state index contributed by atoms with van der Waals surface area (Å²) in [7, 11) is 1.61. The number of carbonyl (C=O) groups is 1. The highest BCUT2D eigenvalue weighted by Gasteiger charge is 2.30. The minimum Gasteiger partial charge on any atom is -0.438 e.